The molecule has 0 amide bonds. The predicted octanol–water partition coefficient (Wildman–Crippen LogP) is 3.55. The molecule has 4 nitrogen and oxygen atoms in total. The maximum atomic E-state index is 11.8. The molecule has 0 saturated carbocycles. The van der Waals surface area contributed by atoms with E-state index in [4.69, 9.17) is 4.74 Å². The molecule has 0 aromatic heterocycles. The molecule has 124 valence electrons. The van der Waals surface area contributed by atoms with Crippen LogP contribution in [0, 0.1) is 0 Å². The van der Waals surface area contributed by atoms with Gasteiger partial charge in [0, 0.05) is 19.0 Å². The van der Waals surface area contributed by atoms with E-state index >= 15 is 0 Å². The van der Waals surface area contributed by atoms with Crippen molar-refractivity contribution < 1.29 is 9.53 Å². The van der Waals surface area contributed by atoms with Crippen molar-refractivity contribution >= 4 is 18.4 Å². The van der Waals surface area contributed by atoms with Crippen molar-refractivity contribution in [2.24, 2.45) is 9.98 Å². The fourth-order valence-corrected chi connectivity index (χ4v) is 2.19. The molecule has 0 aliphatic heterocycles. The van der Waals surface area contributed by atoms with E-state index in [9.17, 15) is 4.79 Å². The minimum Gasteiger partial charge on any atom is -0.467 e. The Labute approximate surface area is 142 Å². The lowest BCUT2D eigenvalue weighted by atomic mass is 10.1. The van der Waals surface area contributed by atoms with Crippen molar-refractivity contribution in [1.82, 2.24) is 0 Å². The number of methoxy groups -OCH3 is 1. The molecule has 0 aliphatic rings. The first-order valence-electron chi connectivity index (χ1n) is 8.00. The fourth-order valence-electron chi connectivity index (χ4n) is 2.19. The lowest BCUT2D eigenvalue weighted by Crippen LogP contribution is -2.20. The van der Waals surface area contributed by atoms with Gasteiger partial charge in [-0.1, -0.05) is 60.7 Å². The van der Waals surface area contributed by atoms with Crippen LogP contribution in [-0.2, 0) is 9.53 Å². The first-order chi connectivity index (χ1) is 11.8. The smallest absolute Gasteiger partial charge is 0.330 e. The van der Waals surface area contributed by atoms with Crippen molar-refractivity contribution in [3.8, 4) is 0 Å². The summed E-state index contributed by atoms with van der Waals surface area (Å²) >= 11 is 0. The zero-order valence-electron chi connectivity index (χ0n) is 13.8. The second kappa shape index (κ2) is 10.1. The van der Waals surface area contributed by atoms with E-state index < -0.39 is 6.04 Å². The molecule has 0 spiro atoms. The molecule has 0 bridgehead atoms. The maximum Gasteiger partial charge on any atom is 0.330 e. The molecule has 0 heterocycles. The van der Waals surface area contributed by atoms with Crippen molar-refractivity contribution in [2.75, 3.05) is 13.7 Å². The Morgan fingerprint density at radius 3 is 2.17 bits per heavy atom. The zero-order chi connectivity index (χ0) is 17.0. The number of benzene rings is 2. The van der Waals surface area contributed by atoms with Crippen LogP contribution >= 0.6 is 0 Å². The first kappa shape index (κ1) is 17.6. The fraction of sp³-hybridized carbons (Fsp3) is 0.250. The summed E-state index contributed by atoms with van der Waals surface area (Å²) in [7, 11) is 1.39. The van der Waals surface area contributed by atoms with Crippen LogP contribution in [0.25, 0.3) is 0 Å². The first-order valence-corrected chi connectivity index (χ1v) is 8.00. The summed E-state index contributed by atoms with van der Waals surface area (Å²) in [4.78, 5) is 20.6. The Balaban J connectivity index is 1.84. The third-order valence-electron chi connectivity index (χ3n) is 3.48. The van der Waals surface area contributed by atoms with Gasteiger partial charge in [0.05, 0.1) is 7.11 Å². The van der Waals surface area contributed by atoms with Crippen LogP contribution in [0.5, 0.6) is 0 Å². The summed E-state index contributed by atoms with van der Waals surface area (Å²) in [5, 5.41) is 0. The highest BCUT2D eigenvalue weighted by atomic mass is 16.5. The number of carbonyl (C=O) groups excluding carboxylic acids is 1. The number of rotatable bonds is 8. The summed E-state index contributed by atoms with van der Waals surface area (Å²) in [6.07, 6.45) is 4.95. The van der Waals surface area contributed by atoms with Gasteiger partial charge in [0.25, 0.3) is 0 Å². The number of aliphatic imine (C=N–C) groups is 2. The Bertz CT molecular complexity index is 667. The minimum absolute atomic E-state index is 0.311. The molecule has 1 unspecified atom stereocenters. The Kier molecular flexibility index (Phi) is 7.41. The molecule has 0 N–H and O–H groups in total. The van der Waals surface area contributed by atoms with Crippen LogP contribution in [-0.4, -0.2) is 38.1 Å². The average Bonchev–Trinajstić information content (AvgIpc) is 2.65. The lowest BCUT2D eigenvalue weighted by Gasteiger charge is -2.09. The van der Waals surface area contributed by atoms with E-state index in [2.05, 4.69) is 9.98 Å². The highest BCUT2D eigenvalue weighted by Crippen LogP contribution is 2.06. The van der Waals surface area contributed by atoms with Crippen molar-refractivity contribution in [2.45, 2.75) is 18.9 Å². The van der Waals surface area contributed by atoms with Gasteiger partial charge >= 0.3 is 5.97 Å². The van der Waals surface area contributed by atoms with Gasteiger partial charge in [0.1, 0.15) is 6.04 Å². The van der Waals surface area contributed by atoms with Crippen molar-refractivity contribution in [3.63, 3.8) is 0 Å². The molecule has 0 aliphatic carbocycles. The Morgan fingerprint density at radius 1 is 1.00 bits per heavy atom. The monoisotopic (exact) mass is 322 g/mol. The number of nitrogens with zero attached hydrogens (tertiary/aromatic N) is 2. The number of carbonyl (C=O) groups is 1. The van der Waals surface area contributed by atoms with Crippen LogP contribution in [0.15, 0.2) is 70.6 Å². The molecule has 0 fully saturated rings. The van der Waals surface area contributed by atoms with E-state index in [0.717, 1.165) is 17.5 Å². The van der Waals surface area contributed by atoms with Crippen LogP contribution < -0.4 is 0 Å². The summed E-state index contributed by atoms with van der Waals surface area (Å²) in [6, 6.07) is 19.2. The molecule has 24 heavy (non-hydrogen) atoms. The molecule has 0 radical (unpaired) electrons. The molecule has 0 saturated heterocycles. The number of hydrogen-bond acceptors (Lipinski definition) is 4. The molecule has 4 heteroatoms. The minimum atomic E-state index is -0.484. The van der Waals surface area contributed by atoms with E-state index in [1.54, 1.807) is 6.21 Å². The van der Waals surface area contributed by atoms with E-state index in [-0.39, 0.29) is 5.97 Å². The quantitative estimate of drug-likeness (QED) is 0.424. The summed E-state index contributed by atoms with van der Waals surface area (Å²) in [6.45, 7) is 0.656. The molecule has 2 aromatic rings. The molecule has 2 aromatic carbocycles. The van der Waals surface area contributed by atoms with E-state index in [1.165, 1.54) is 7.11 Å². The SMILES string of the molecule is COC(=O)C(CCC/N=C/c1ccccc1)/N=C/c1ccccc1. The van der Waals surface area contributed by atoms with Gasteiger partial charge in [-0.2, -0.15) is 0 Å². The largest absolute Gasteiger partial charge is 0.467 e. The average molecular weight is 322 g/mol. The summed E-state index contributed by atoms with van der Waals surface area (Å²) in [5.74, 6) is -0.311. The summed E-state index contributed by atoms with van der Waals surface area (Å²) < 4.78 is 4.84. The summed E-state index contributed by atoms with van der Waals surface area (Å²) in [5.41, 5.74) is 2.04. The Hall–Kier alpha value is -2.75. The van der Waals surface area contributed by atoms with Gasteiger partial charge in [0.15, 0.2) is 0 Å². The number of hydrogen-bond donors (Lipinski definition) is 0. The van der Waals surface area contributed by atoms with E-state index in [1.807, 2.05) is 66.9 Å². The number of esters is 1. The molecular weight excluding hydrogens is 300 g/mol. The highest BCUT2D eigenvalue weighted by Gasteiger charge is 2.16. The van der Waals surface area contributed by atoms with Gasteiger partial charge < -0.3 is 4.74 Å². The van der Waals surface area contributed by atoms with Crippen molar-refractivity contribution in [1.29, 1.82) is 0 Å². The van der Waals surface area contributed by atoms with Crippen LogP contribution in [0.1, 0.15) is 24.0 Å². The molecular formula is C20H22N2O2. The lowest BCUT2D eigenvalue weighted by molar-refractivity contribution is -0.142. The Morgan fingerprint density at radius 2 is 1.58 bits per heavy atom. The molecule has 1 atom stereocenters. The second-order valence-corrected chi connectivity index (χ2v) is 5.32. The standard InChI is InChI=1S/C20H22N2O2/c1-24-20(23)19(22-16-18-11-6-3-7-12-18)13-8-14-21-15-17-9-4-2-5-10-17/h2-7,9-12,15-16,19H,8,13-14H2,1H3/b21-15+,22-16+. The van der Waals surface area contributed by atoms with Gasteiger partial charge in [-0.25, -0.2) is 4.79 Å². The maximum absolute atomic E-state index is 11.8. The van der Waals surface area contributed by atoms with Gasteiger partial charge in [-0.15, -0.1) is 0 Å². The van der Waals surface area contributed by atoms with Gasteiger partial charge in [-0.05, 0) is 24.0 Å². The predicted molar refractivity (Wildman–Crippen MR) is 98.0 cm³/mol. The van der Waals surface area contributed by atoms with Crippen LogP contribution in [0.4, 0.5) is 0 Å². The van der Waals surface area contributed by atoms with Crippen molar-refractivity contribution in [3.05, 3.63) is 71.8 Å². The third kappa shape index (κ3) is 6.16. The highest BCUT2D eigenvalue weighted by molar-refractivity contribution is 5.84. The second-order valence-electron chi connectivity index (χ2n) is 5.32. The number of ether oxygens (including phenoxy) is 1. The molecule has 2 rings (SSSR count). The topological polar surface area (TPSA) is 51.0 Å². The van der Waals surface area contributed by atoms with E-state index in [0.29, 0.717) is 13.0 Å². The van der Waals surface area contributed by atoms with Crippen LogP contribution in [0.3, 0.4) is 0 Å². The normalized spacial score (nSPS) is 12.5. The van der Waals surface area contributed by atoms with Gasteiger partial charge in [-0.3, -0.25) is 9.98 Å². The zero-order valence-corrected chi connectivity index (χ0v) is 13.8. The van der Waals surface area contributed by atoms with Gasteiger partial charge in [0.2, 0.25) is 0 Å². The van der Waals surface area contributed by atoms with Crippen LogP contribution in [0.2, 0.25) is 0 Å². The third-order valence-corrected chi connectivity index (χ3v) is 3.48.